The van der Waals surface area contributed by atoms with E-state index in [-0.39, 0.29) is 42.3 Å². The van der Waals surface area contributed by atoms with E-state index in [1.54, 1.807) is 62.6 Å². The molecule has 0 aromatic heterocycles. The van der Waals surface area contributed by atoms with Gasteiger partial charge in [0.25, 0.3) is 20.0 Å². The van der Waals surface area contributed by atoms with E-state index in [1.165, 1.54) is 84.7 Å². The minimum absolute atomic E-state index is 0.00289. The van der Waals surface area contributed by atoms with Gasteiger partial charge in [-0.2, -0.15) is 0 Å². The summed E-state index contributed by atoms with van der Waals surface area (Å²) in [6, 6.07) is 27.1. The Balaban J connectivity index is 1.22. The summed E-state index contributed by atoms with van der Waals surface area (Å²) in [5, 5.41) is 2.71. The van der Waals surface area contributed by atoms with Gasteiger partial charge in [0.1, 0.15) is 0 Å². The van der Waals surface area contributed by atoms with Crippen LogP contribution in [0.1, 0.15) is 20.7 Å². The highest BCUT2D eigenvalue weighted by atomic mass is 35.5. The summed E-state index contributed by atoms with van der Waals surface area (Å²) in [6.07, 6.45) is 0. The van der Waals surface area contributed by atoms with Crippen LogP contribution in [0.4, 0.5) is 27.5 Å². The highest BCUT2D eigenvalue weighted by Gasteiger charge is 2.22. The number of sulfonamides is 2. The van der Waals surface area contributed by atoms with E-state index in [0.717, 1.165) is 10.8 Å². The Labute approximate surface area is 332 Å². The molecule has 288 valence electrons. The molecule has 0 radical (unpaired) electrons. The molecule has 2 amide bonds. The molecule has 0 aliphatic heterocycles. The second-order valence-corrected chi connectivity index (χ2v) is 16.5. The van der Waals surface area contributed by atoms with E-state index in [1.807, 2.05) is 0 Å². The van der Waals surface area contributed by atoms with E-state index in [4.69, 9.17) is 32.7 Å². The van der Waals surface area contributed by atoms with Crippen LogP contribution in [0.25, 0.3) is 21.5 Å². The summed E-state index contributed by atoms with van der Waals surface area (Å²) in [5.74, 6) is -1.44. The smallest absolute Gasteiger partial charge is 0.339 e. The monoisotopic (exact) mass is 834 g/mol. The van der Waals surface area contributed by atoms with Gasteiger partial charge in [-0.05, 0) is 106 Å². The molecule has 13 nitrogen and oxygen atoms in total. The highest BCUT2D eigenvalue weighted by Crippen LogP contribution is 2.30. The van der Waals surface area contributed by atoms with Crippen molar-refractivity contribution >= 4 is 106 Å². The predicted molar refractivity (Wildman–Crippen MR) is 217 cm³/mol. The van der Waals surface area contributed by atoms with Crippen LogP contribution < -0.4 is 19.2 Å². The van der Waals surface area contributed by atoms with Crippen molar-refractivity contribution in [3.8, 4) is 0 Å². The van der Waals surface area contributed by atoms with Gasteiger partial charge >= 0.3 is 18.0 Å². The van der Waals surface area contributed by atoms with E-state index in [9.17, 15) is 31.2 Å². The van der Waals surface area contributed by atoms with Crippen molar-refractivity contribution in [3.05, 3.63) is 130 Å². The number of carbonyl (C=O) groups excluding carboxylic acids is 3. The van der Waals surface area contributed by atoms with Crippen LogP contribution in [0, 0.1) is 0 Å². The van der Waals surface area contributed by atoms with Crippen LogP contribution in [0.15, 0.2) is 119 Å². The Hall–Kier alpha value is -5.87. The molecule has 6 aromatic rings. The molecule has 0 bridgehead atoms. The third-order valence-corrected chi connectivity index (χ3v) is 12.2. The number of nitrogens with one attached hydrogen (secondary N) is 2. The fraction of sp³-hybridized carbons (Fsp3) is 0.103. The summed E-state index contributed by atoms with van der Waals surface area (Å²) in [5.41, 5.74) is 1.14. The van der Waals surface area contributed by atoms with Crippen LogP contribution in [-0.2, 0) is 29.5 Å². The fourth-order valence-corrected chi connectivity index (χ4v) is 8.32. The van der Waals surface area contributed by atoms with Crippen molar-refractivity contribution < 1.29 is 40.7 Å². The normalized spacial score (nSPS) is 11.5. The molecule has 0 atom stereocenters. The number of ether oxygens (including phenoxy) is 2. The number of nitrogens with zero attached hydrogens (tertiary/aromatic N) is 2. The Morgan fingerprint density at radius 1 is 0.518 bits per heavy atom. The van der Waals surface area contributed by atoms with E-state index < -0.39 is 38.0 Å². The molecule has 0 heterocycles. The van der Waals surface area contributed by atoms with Gasteiger partial charge in [0.2, 0.25) is 0 Å². The lowest BCUT2D eigenvalue weighted by Gasteiger charge is -2.25. The molecule has 0 unspecified atom stereocenters. The Morgan fingerprint density at radius 2 is 0.893 bits per heavy atom. The van der Waals surface area contributed by atoms with Crippen LogP contribution in [0.5, 0.6) is 0 Å². The molecule has 0 saturated carbocycles. The maximum absolute atomic E-state index is 13.8. The van der Waals surface area contributed by atoms with Crippen LogP contribution in [0.3, 0.4) is 0 Å². The van der Waals surface area contributed by atoms with Gasteiger partial charge in [-0.1, -0.05) is 47.5 Å². The zero-order valence-electron chi connectivity index (χ0n) is 30.0. The number of hydrogen-bond acceptors (Lipinski definition) is 9. The van der Waals surface area contributed by atoms with Crippen LogP contribution in [-0.4, -0.2) is 63.1 Å². The molecule has 0 spiro atoms. The first-order valence-corrected chi connectivity index (χ1v) is 20.1. The molecular formula is C39H32Cl2N4O9S2. The second-order valence-electron chi connectivity index (χ2n) is 12.4. The van der Waals surface area contributed by atoms with Gasteiger partial charge in [0.05, 0.1) is 45.2 Å². The lowest BCUT2D eigenvalue weighted by molar-refractivity contribution is 0.0592. The molecule has 56 heavy (non-hydrogen) atoms. The number of anilines is 4. The summed E-state index contributed by atoms with van der Waals surface area (Å²) in [6.45, 7) is 0. The molecule has 0 saturated heterocycles. The number of hydrogen-bond donors (Lipinski definition) is 2. The van der Waals surface area contributed by atoms with Crippen molar-refractivity contribution in [2.75, 3.05) is 47.6 Å². The Kier molecular flexibility index (Phi) is 11.2. The lowest BCUT2D eigenvalue weighted by Crippen LogP contribution is -2.38. The summed E-state index contributed by atoms with van der Waals surface area (Å²) >= 11 is 12.2. The number of benzene rings is 6. The van der Waals surface area contributed by atoms with Crippen LogP contribution in [0.2, 0.25) is 10.0 Å². The maximum atomic E-state index is 13.8. The van der Waals surface area contributed by atoms with Gasteiger partial charge < -0.3 is 9.47 Å². The molecule has 0 aliphatic rings. The number of methoxy groups -OCH3 is 2. The molecular weight excluding hydrogens is 803 g/mol. The van der Waals surface area contributed by atoms with Crippen molar-refractivity contribution in [2.45, 2.75) is 9.79 Å². The largest absolute Gasteiger partial charge is 0.465 e. The second kappa shape index (κ2) is 15.7. The van der Waals surface area contributed by atoms with E-state index in [2.05, 4.69) is 9.44 Å². The standard InChI is InChI=1S/C39H32Cl2N4O9S2/c1-44(29-11-5-23-7-13-31(19-25(23)17-29)55(49,50)42-27-9-15-35(40)33(21-27)37(46)53-3)39(48)45(2)30-12-6-24-8-14-32(20-26(24)18-30)56(51,52)43-28-10-16-36(41)34(22-28)38(47)54-4/h5-22,42-43H,1-4H3. The topological polar surface area (TPSA) is 168 Å². The molecule has 0 fully saturated rings. The van der Waals surface area contributed by atoms with Crippen LogP contribution >= 0.6 is 23.2 Å². The summed E-state index contributed by atoms with van der Waals surface area (Å²) in [7, 11) is -2.72. The quantitative estimate of drug-likeness (QED) is 0.129. The fourth-order valence-electron chi connectivity index (χ4n) is 5.76. The van der Waals surface area contributed by atoms with Crippen molar-refractivity contribution in [1.82, 2.24) is 0 Å². The summed E-state index contributed by atoms with van der Waals surface area (Å²) < 4.78 is 67.8. The van der Waals surface area contributed by atoms with Crippen molar-refractivity contribution in [1.29, 1.82) is 0 Å². The van der Waals surface area contributed by atoms with Gasteiger partial charge in [-0.3, -0.25) is 19.2 Å². The SMILES string of the molecule is COC(=O)c1cc(NS(=O)(=O)c2ccc3ccc(N(C)C(=O)N(C)c4ccc5ccc(S(=O)(=O)Nc6ccc(Cl)c(C(=O)OC)c6)cc5c4)cc3c2)ccc1Cl. The van der Waals surface area contributed by atoms with Gasteiger partial charge in [0, 0.05) is 36.8 Å². The number of carbonyl (C=O) groups is 3. The number of urea groups is 1. The third kappa shape index (κ3) is 8.21. The number of amides is 2. The average molecular weight is 836 g/mol. The van der Waals surface area contributed by atoms with Crippen molar-refractivity contribution in [2.24, 2.45) is 0 Å². The zero-order valence-corrected chi connectivity index (χ0v) is 33.2. The number of rotatable bonds is 10. The highest BCUT2D eigenvalue weighted by molar-refractivity contribution is 7.93. The first-order valence-electron chi connectivity index (χ1n) is 16.4. The minimum Gasteiger partial charge on any atom is -0.465 e. The molecule has 2 N–H and O–H groups in total. The average Bonchev–Trinajstić information content (AvgIpc) is 3.19. The maximum Gasteiger partial charge on any atom is 0.339 e. The minimum atomic E-state index is -4.12. The zero-order chi connectivity index (χ0) is 40.5. The lowest BCUT2D eigenvalue weighted by atomic mass is 10.1. The third-order valence-electron chi connectivity index (χ3n) is 8.81. The molecule has 17 heteroatoms. The van der Waals surface area contributed by atoms with Gasteiger partial charge in [0.15, 0.2) is 0 Å². The first kappa shape index (κ1) is 39.8. The van der Waals surface area contributed by atoms with Gasteiger partial charge in [-0.15, -0.1) is 0 Å². The van der Waals surface area contributed by atoms with Gasteiger partial charge in [-0.25, -0.2) is 31.2 Å². The Morgan fingerprint density at radius 3 is 1.27 bits per heavy atom. The summed E-state index contributed by atoms with van der Waals surface area (Å²) in [4.78, 5) is 40.6. The van der Waals surface area contributed by atoms with E-state index in [0.29, 0.717) is 22.1 Å². The predicted octanol–water partition coefficient (Wildman–Crippen LogP) is 8.17. The van der Waals surface area contributed by atoms with E-state index >= 15 is 0 Å². The number of esters is 2. The first-order chi connectivity index (χ1) is 26.5. The number of fused-ring (bicyclic) bond motifs is 2. The molecule has 6 rings (SSSR count). The Bertz CT molecular complexity index is 2610. The van der Waals surface area contributed by atoms with Crippen molar-refractivity contribution in [3.63, 3.8) is 0 Å². The number of halogens is 2. The molecule has 6 aromatic carbocycles. The molecule has 0 aliphatic carbocycles.